The third kappa shape index (κ3) is 3.74. The highest BCUT2D eigenvalue weighted by Gasteiger charge is 2.25. The van der Waals surface area contributed by atoms with E-state index in [0.29, 0.717) is 18.2 Å². The largest absolute Gasteiger partial charge is 0.309 e. The van der Waals surface area contributed by atoms with Crippen LogP contribution in [0.5, 0.6) is 0 Å². The van der Waals surface area contributed by atoms with Gasteiger partial charge in [-0.05, 0) is 35.4 Å². The monoisotopic (exact) mass is 337 g/mol. The molecular weight excluding hydrogens is 318 g/mol. The van der Waals surface area contributed by atoms with Crippen LogP contribution in [0.1, 0.15) is 40.5 Å². The summed E-state index contributed by atoms with van der Waals surface area (Å²) in [5.41, 5.74) is 3.41. The number of aromatic nitrogens is 2. The van der Waals surface area contributed by atoms with Crippen LogP contribution in [0.3, 0.4) is 0 Å². The molecule has 0 atom stereocenters. The number of thiophene rings is 1. The van der Waals surface area contributed by atoms with E-state index in [2.05, 4.69) is 45.2 Å². The van der Waals surface area contributed by atoms with Crippen LogP contribution in [-0.4, -0.2) is 16.1 Å². The number of rotatable bonds is 6. The van der Waals surface area contributed by atoms with Gasteiger partial charge in [-0.2, -0.15) is 5.10 Å². The van der Waals surface area contributed by atoms with Gasteiger partial charge in [-0.25, -0.2) is 0 Å². The van der Waals surface area contributed by atoms with Crippen LogP contribution in [0.2, 0.25) is 0 Å². The van der Waals surface area contributed by atoms with E-state index in [1.807, 2.05) is 18.2 Å². The molecule has 2 N–H and O–H groups in total. The number of hydrogen-bond donors (Lipinski definition) is 2. The van der Waals surface area contributed by atoms with E-state index in [1.165, 1.54) is 23.3 Å². The lowest BCUT2D eigenvalue weighted by Gasteiger charge is -2.04. The van der Waals surface area contributed by atoms with E-state index in [1.54, 1.807) is 11.3 Å². The Hall–Kier alpha value is -2.40. The Morgan fingerprint density at radius 2 is 2.00 bits per heavy atom. The number of benzene rings is 1. The molecule has 1 fully saturated rings. The van der Waals surface area contributed by atoms with Gasteiger partial charge in [-0.15, -0.1) is 11.3 Å². The molecule has 4 nitrogen and oxygen atoms in total. The van der Waals surface area contributed by atoms with E-state index in [4.69, 9.17) is 0 Å². The number of carbonyl (C=O) groups is 1. The predicted molar refractivity (Wildman–Crippen MR) is 96.5 cm³/mol. The fourth-order valence-corrected chi connectivity index (χ4v) is 3.50. The predicted octanol–water partition coefficient (Wildman–Crippen LogP) is 4.12. The van der Waals surface area contributed by atoms with Crippen LogP contribution in [-0.2, 0) is 17.6 Å². The molecule has 1 aromatic carbocycles. The maximum atomic E-state index is 12.2. The van der Waals surface area contributed by atoms with Crippen molar-refractivity contribution in [2.75, 3.05) is 5.32 Å². The number of hydrogen-bond acceptors (Lipinski definition) is 3. The Balaban J connectivity index is 1.33. The van der Waals surface area contributed by atoms with Gasteiger partial charge in [0.2, 0.25) is 5.91 Å². The second kappa shape index (κ2) is 6.61. The van der Waals surface area contributed by atoms with Gasteiger partial charge in [0.05, 0.1) is 6.42 Å². The maximum Gasteiger partial charge on any atom is 0.229 e. The van der Waals surface area contributed by atoms with E-state index in [0.717, 1.165) is 17.7 Å². The summed E-state index contributed by atoms with van der Waals surface area (Å²) in [4.78, 5) is 13.5. The van der Waals surface area contributed by atoms with Gasteiger partial charge in [0.15, 0.2) is 5.82 Å². The van der Waals surface area contributed by atoms with Crippen LogP contribution in [0.15, 0.2) is 47.8 Å². The SMILES string of the molecule is O=C(Cc1ccc(Cc2cccs2)cc1)Nc1cc(C2CC2)[nH]n1. The average molecular weight is 337 g/mol. The number of amides is 1. The maximum absolute atomic E-state index is 12.2. The van der Waals surface area contributed by atoms with Gasteiger partial charge >= 0.3 is 0 Å². The number of nitrogens with zero attached hydrogens (tertiary/aromatic N) is 1. The summed E-state index contributed by atoms with van der Waals surface area (Å²) in [5.74, 6) is 1.20. The van der Waals surface area contributed by atoms with Crippen LogP contribution < -0.4 is 5.32 Å². The van der Waals surface area contributed by atoms with Gasteiger partial charge in [0.1, 0.15) is 0 Å². The molecule has 0 aliphatic heterocycles. The molecule has 4 rings (SSSR count). The van der Waals surface area contributed by atoms with Crippen molar-refractivity contribution in [3.8, 4) is 0 Å². The standard InChI is InChI=1S/C19H19N3OS/c23-19(20-18-12-17(21-22-18)15-7-8-15)11-14-5-3-13(4-6-14)10-16-2-1-9-24-16/h1-6,9,12,15H,7-8,10-11H2,(H2,20,21,22,23). The first kappa shape index (κ1) is 15.1. The zero-order valence-corrected chi connectivity index (χ0v) is 14.1. The van der Waals surface area contributed by atoms with Crippen LogP contribution >= 0.6 is 11.3 Å². The molecule has 1 amide bonds. The molecule has 122 valence electrons. The van der Waals surface area contributed by atoms with Crippen molar-refractivity contribution in [3.63, 3.8) is 0 Å². The molecule has 0 spiro atoms. The molecule has 1 saturated carbocycles. The first-order chi connectivity index (χ1) is 11.8. The lowest BCUT2D eigenvalue weighted by molar-refractivity contribution is -0.115. The minimum absolute atomic E-state index is 0.0325. The second-order valence-electron chi connectivity index (χ2n) is 6.28. The summed E-state index contributed by atoms with van der Waals surface area (Å²) >= 11 is 1.77. The second-order valence-corrected chi connectivity index (χ2v) is 7.31. The molecule has 1 aliphatic rings. The molecule has 2 heterocycles. The quantitative estimate of drug-likeness (QED) is 0.711. The lowest BCUT2D eigenvalue weighted by Crippen LogP contribution is -2.14. The van der Waals surface area contributed by atoms with Gasteiger partial charge in [-0.3, -0.25) is 9.89 Å². The van der Waals surface area contributed by atoms with Gasteiger partial charge < -0.3 is 5.32 Å². The molecule has 1 aliphatic carbocycles. The Morgan fingerprint density at radius 3 is 2.71 bits per heavy atom. The summed E-state index contributed by atoms with van der Waals surface area (Å²) in [5, 5.41) is 12.1. The summed E-state index contributed by atoms with van der Waals surface area (Å²) in [6.07, 6.45) is 3.74. The van der Waals surface area contributed by atoms with E-state index in [9.17, 15) is 4.79 Å². The molecule has 3 aromatic rings. The van der Waals surface area contributed by atoms with Crippen molar-refractivity contribution >= 4 is 23.1 Å². The zero-order chi connectivity index (χ0) is 16.4. The van der Waals surface area contributed by atoms with E-state index in [-0.39, 0.29) is 5.91 Å². The lowest BCUT2D eigenvalue weighted by atomic mass is 10.1. The van der Waals surface area contributed by atoms with Crippen LogP contribution in [0.25, 0.3) is 0 Å². The Morgan fingerprint density at radius 1 is 1.21 bits per heavy atom. The molecule has 5 heteroatoms. The molecule has 0 saturated heterocycles. The Kier molecular flexibility index (Phi) is 4.17. The Labute approximate surface area is 144 Å². The number of anilines is 1. The normalized spacial score (nSPS) is 13.8. The highest BCUT2D eigenvalue weighted by atomic mass is 32.1. The van der Waals surface area contributed by atoms with Crippen LogP contribution in [0.4, 0.5) is 5.82 Å². The first-order valence-electron chi connectivity index (χ1n) is 8.21. The third-order valence-corrected chi connectivity index (χ3v) is 5.10. The molecule has 24 heavy (non-hydrogen) atoms. The zero-order valence-electron chi connectivity index (χ0n) is 13.3. The van der Waals surface area contributed by atoms with E-state index < -0.39 is 0 Å². The fourth-order valence-electron chi connectivity index (χ4n) is 2.77. The topological polar surface area (TPSA) is 57.8 Å². The summed E-state index contributed by atoms with van der Waals surface area (Å²) in [6.45, 7) is 0. The minimum Gasteiger partial charge on any atom is -0.309 e. The Bertz CT molecular complexity index is 817. The highest BCUT2D eigenvalue weighted by molar-refractivity contribution is 7.09. The van der Waals surface area contributed by atoms with Gasteiger partial charge in [-0.1, -0.05) is 30.3 Å². The van der Waals surface area contributed by atoms with Crippen molar-refractivity contribution < 1.29 is 4.79 Å². The van der Waals surface area contributed by atoms with Crippen molar-refractivity contribution in [2.45, 2.75) is 31.6 Å². The number of carbonyl (C=O) groups excluding carboxylic acids is 1. The van der Waals surface area contributed by atoms with Gasteiger partial charge in [0.25, 0.3) is 0 Å². The van der Waals surface area contributed by atoms with E-state index >= 15 is 0 Å². The average Bonchev–Trinajstić information content (AvgIpc) is 3.10. The van der Waals surface area contributed by atoms with Crippen molar-refractivity contribution in [1.82, 2.24) is 10.2 Å². The molecular formula is C19H19N3OS. The first-order valence-corrected chi connectivity index (χ1v) is 9.09. The number of aromatic amines is 1. The molecule has 0 bridgehead atoms. The third-order valence-electron chi connectivity index (χ3n) is 4.23. The van der Waals surface area contributed by atoms with Crippen LogP contribution in [0, 0.1) is 0 Å². The van der Waals surface area contributed by atoms with Crippen molar-refractivity contribution in [1.29, 1.82) is 0 Å². The summed E-state index contributed by atoms with van der Waals surface area (Å²) in [7, 11) is 0. The number of nitrogens with one attached hydrogen (secondary N) is 2. The smallest absolute Gasteiger partial charge is 0.229 e. The van der Waals surface area contributed by atoms with Crippen molar-refractivity contribution in [3.05, 3.63) is 69.5 Å². The highest BCUT2D eigenvalue weighted by Crippen LogP contribution is 2.39. The number of H-pyrrole nitrogens is 1. The minimum atomic E-state index is -0.0325. The summed E-state index contributed by atoms with van der Waals surface area (Å²) in [6, 6.07) is 14.4. The fraction of sp³-hybridized carbons (Fsp3) is 0.263. The van der Waals surface area contributed by atoms with Crippen molar-refractivity contribution in [2.24, 2.45) is 0 Å². The van der Waals surface area contributed by atoms with Gasteiger partial charge in [0, 0.05) is 29.0 Å². The molecule has 2 aromatic heterocycles. The molecule has 0 unspecified atom stereocenters. The summed E-state index contributed by atoms with van der Waals surface area (Å²) < 4.78 is 0. The molecule has 0 radical (unpaired) electrons.